The van der Waals surface area contributed by atoms with Crippen LogP contribution >= 0.6 is 0 Å². The maximum Gasteiger partial charge on any atom is 0.264 e. The second-order valence-electron chi connectivity index (χ2n) is 8.26. The molecule has 1 amide bonds. The quantitative estimate of drug-likeness (QED) is 0.425. The molecule has 0 spiro atoms. The molecule has 192 valence electrons. The molecular formula is C26H31N3O5S2. The van der Waals surface area contributed by atoms with Crippen LogP contribution in [0.2, 0.25) is 0 Å². The van der Waals surface area contributed by atoms with E-state index < -0.39 is 32.5 Å². The van der Waals surface area contributed by atoms with E-state index in [1.807, 2.05) is 19.9 Å². The molecule has 0 aliphatic rings. The lowest BCUT2D eigenvalue weighted by Crippen LogP contribution is -2.38. The minimum atomic E-state index is -4.02. The van der Waals surface area contributed by atoms with E-state index in [-0.39, 0.29) is 9.79 Å². The highest BCUT2D eigenvalue weighted by molar-refractivity contribution is 7.92. The van der Waals surface area contributed by atoms with Crippen molar-refractivity contribution >= 4 is 37.3 Å². The molecule has 10 heteroatoms. The van der Waals surface area contributed by atoms with Gasteiger partial charge >= 0.3 is 0 Å². The summed E-state index contributed by atoms with van der Waals surface area (Å²) in [5.74, 6) is -0.563. The number of amides is 1. The molecule has 0 unspecified atom stereocenters. The highest BCUT2D eigenvalue weighted by Crippen LogP contribution is 2.26. The second kappa shape index (κ2) is 11.2. The topological polar surface area (TPSA) is 104 Å². The summed E-state index contributed by atoms with van der Waals surface area (Å²) in [5.41, 5.74) is 2.62. The number of aryl methyl sites for hydroxylation is 2. The highest BCUT2D eigenvalue weighted by atomic mass is 32.2. The van der Waals surface area contributed by atoms with Gasteiger partial charge in [-0.05, 0) is 73.5 Å². The predicted molar refractivity (Wildman–Crippen MR) is 142 cm³/mol. The van der Waals surface area contributed by atoms with E-state index in [2.05, 4.69) is 5.32 Å². The minimum Gasteiger partial charge on any atom is -0.325 e. The van der Waals surface area contributed by atoms with Gasteiger partial charge in [-0.25, -0.2) is 16.8 Å². The van der Waals surface area contributed by atoms with Crippen molar-refractivity contribution in [2.45, 2.75) is 37.5 Å². The van der Waals surface area contributed by atoms with Crippen molar-refractivity contribution in [3.05, 3.63) is 83.9 Å². The Bertz CT molecular complexity index is 1420. The van der Waals surface area contributed by atoms with E-state index in [1.165, 1.54) is 40.7 Å². The number of carbonyl (C=O) groups excluding carboxylic acids is 1. The fourth-order valence-electron chi connectivity index (χ4n) is 3.67. The predicted octanol–water partition coefficient (Wildman–Crippen LogP) is 4.17. The summed E-state index contributed by atoms with van der Waals surface area (Å²) in [5, 5.41) is 2.67. The van der Waals surface area contributed by atoms with Gasteiger partial charge in [0.15, 0.2) is 0 Å². The monoisotopic (exact) mass is 529 g/mol. The third-order valence-corrected chi connectivity index (χ3v) is 9.73. The van der Waals surface area contributed by atoms with Crippen LogP contribution in [0.4, 0.5) is 11.4 Å². The number of hydrogen-bond donors (Lipinski definition) is 1. The van der Waals surface area contributed by atoms with Crippen LogP contribution in [0.25, 0.3) is 0 Å². The highest BCUT2D eigenvalue weighted by Gasteiger charge is 2.27. The molecule has 3 aromatic rings. The molecule has 0 aliphatic carbocycles. The average Bonchev–Trinajstić information content (AvgIpc) is 2.85. The van der Waals surface area contributed by atoms with Crippen molar-refractivity contribution in [2.75, 3.05) is 29.3 Å². The molecule has 0 heterocycles. The Balaban J connectivity index is 1.87. The summed E-state index contributed by atoms with van der Waals surface area (Å²) in [4.78, 5) is 13.2. The Hall–Kier alpha value is -3.21. The van der Waals surface area contributed by atoms with Gasteiger partial charge < -0.3 is 5.32 Å². The first-order valence-electron chi connectivity index (χ1n) is 11.6. The van der Waals surface area contributed by atoms with Crippen LogP contribution in [-0.2, 0) is 24.8 Å². The van der Waals surface area contributed by atoms with E-state index in [4.69, 9.17) is 0 Å². The maximum absolute atomic E-state index is 13.5. The number of sulfonamides is 2. The third-order valence-electron chi connectivity index (χ3n) is 5.88. The molecule has 3 rings (SSSR count). The average molecular weight is 530 g/mol. The smallest absolute Gasteiger partial charge is 0.264 e. The Labute approximate surface area is 213 Å². The van der Waals surface area contributed by atoms with E-state index >= 15 is 0 Å². The van der Waals surface area contributed by atoms with Crippen molar-refractivity contribution in [1.82, 2.24) is 4.31 Å². The standard InChI is InChI=1S/C26H31N3O5S2/c1-5-28(6-2)35(31,32)25-16-13-22(14-17-25)27-26(30)19-29(23-15-12-20(3)21(4)18-23)36(33,34)24-10-8-7-9-11-24/h7-18H,5-6,19H2,1-4H3,(H,27,30). The third kappa shape index (κ3) is 5.95. The largest absolute Gasteiger partial charge is 0.325 e. The van der Waals surface area contributed by atoms with Crippen molar-refractivity contribution in [3.63, 3.8) is 0 Å². The molecule has 0 bridgehead atoms. The summed E-state index contributed by atoms with van der Waals surface area (Å²) in [7, 11) is -7.65. The lowest BCUT2D eigenvalue weighted by atomic mass is 10.1. The molecule has 36 heavy (non-hydrogen) atoms. The van der Waals surface area contributed by atoms with Crippen molar-refractivity contribution in [2.24, 2.45) is 0 Å². The number of carbonyl (C=O) groups is 1. The number of rotatable bonds is 10. The van der Waals surface area contributed by atoms with E-state index in [0.29, 0.717) is 24.5 Å². The van der Waals surface area contributed by atoms with Gasteiger partial charge in [0.2, 0.25) is 15.9 Å². The van der Waals surface area contributed by atoms with Gasteiger partial charge in [-0.2, -0.15) is 4.31 Å². The van der Waals surface area contributed by atoms with Gasteiger partial charge in [-0.1, -0.05) is 38.1 Å². The second-order valence-corrected chi connectivity index (χ2v) is 12.1. The lowest BCUT2D eigenvalue weighted by molar-refractivity contribution is -0.114. The zero-order valence-electron chi connectivity index (χ0n) is 20.8. The molecule has 0 aliphatic heterocycles. The molecule has 0 saturated carbocycles. The van der Waals surface area contributed by atoms with Crippen LogP contribution < -0.4 is 9.62 Å². The molecule has 3 aromatic carbocycles. The zero-order valence-corrected chi connectivity index (χ0v) is 22.4. The van der Waals surface area contributed by atoms with Gasteiger partial charge in [0, 0.05) is 18.8 Å². The minimum absolute atomic E-state index is 0.0713. The van der Waals surface area contributed by atoms with Gasteiger partial charge in [0.1, 0.15) is 6.54 Å². The summed E-state index contributed by atoms with van der Waals surface area (Å²) in [6.07, 6.45) is 0. The number of nitrogens with zero attached hydrogens (tertiary/aromatic N) is 2. The summed E-state index contributed by atoms with van der Waals surface area (Å²) in [6.45, 7) is 7.56. The van der Waals surface area contributed by atoms with Gasteiger partial charge in [0.25, 0.3) is 10.0 Å². The Morgan fingerprint density at radius 1 is 0.750 bits per heavy atom. The molecule has 0 radical (unpaired) electrons. The Morgan fingerprint density at radius 3 is 1.89 bits per heavy atom. The first-order chi connectivity index (χ1) is 17.0. The Morgan fingerprint density at radius 2 is 1.33 bits per heavy atom. The van der Waals surface area contributed by atoms with Crippen LogP contribution in [0.15, 0.2) is 82.6 Å². The fourth-order valence-corrected chi connectivity index (χ4v) is 6.56. The molecule has 0 fully saturated rings. The number of hydrogen-bond acceptors (Lipinski definition) is 5. The van der Waals surface area contributed by atoms with Crippen LogP contribution in [-0.4, -0.2) is 46.7 Å². The van der Waals surface area contributed by atoms with Crippen molar-refractivity contribution < 1.29 is 21.6 Å². The van der Waals surface area contributed by atoms with Gasteiger partial charge in [-0.3, -0.25) is 9.10 Å². The molecular weight excluding hydrogens is 498 g/mol. The summed E-state index contributed by atoms with van der Waals surface area (Å²) >= 11 is 0. The van der Waals surface area contributed by atoms with Crippen LogP contribution in [0.1, 0.15) is 25.0 Å². The summed E-state index contributed by atoms with van der Waals surface area (Å²) < 4.78 is 54.7. The molecule has 8 nitrogen and oxygen atoms in total. The van der Waals surface area contributed by atoms with E-state index in [0.717, 1.165) is 15.4 Å². The lowest BCUT2D eigenvalue weighted by Gasteiger charge is -2.25. The molecule has 0 saturated heterocycles. The number of nitrogens with one attached hydrogen (secondary N) is 1. The van der Waals surface area contributed by atoms with Crippen LogP contribution in [0.3, 0.4) is 0 Å². The van der Waals surface area contributed by atoms with Crippen molar-refractivity contribution in [3.8, 4) is 0 Å². The Kier molecular flexibility index (Phi) is 8.55. The summed E-state index contributed by atoms with van der Waals surface area (Å²) in [6, 6.07) is 19.0. The van der Waals surface area contributed by atoms with Gasteiger partial charge in [-0.15, -0.1) is 0 Å². The van der Waals surface area contributed by atoms with Gasteiger partial charge in [0.05, 0.1) is 15.5 Å². The maximum atomic E-state index is 13.5. The molecule has 0 aromatic heterocycles. The first-order valence-corrected chi connectivity index (χ1v) is 14.4. The van der Waals surface area contributed by atoms with Crippen LogP contribution in [0.5, 0.6) is 0 Å². The van der Waals surface area contributed by atoms with E-state index in [9.17, 15) is 21.6 Å². The van der Waals surface area contributed by atoms with Crippen molar-refractivity contribution in [1.29, 1.82) is 0 Å². The van der Waals surface area contributed by atoms with E-state index in [1.54, 1.807) is 44.2 Å². The molecule has 0 atom stereocenters. The number of benzene rings is 3. The fraction of sp³-hybridized carbons (Fsp3) is 0.269. The first kappa shape index (κ1) is 27.4. The molecule has 1 N–H and O–H groups in total. The SMILES string of the molecule is CCN(CC)S(=O)(=O)c1ccc(NC(=O)CN(c2ccc(C)c(C)c2)S(=O)(=O)c2ccccc2)cc1. The van der Waals surface area contributed by atoms with Crippen LogP contribution in [0, 0.1) is 13.8 Å². The zero-order chi connectivity index (χ0) is 26.5. The number of anilines is 2. The normalized spacial score (nSPS) is 11.9.